The molecule has 0 saturated heterocycles. The van der Waals surface area contributed by atoms with Crippen molar-refractivity contribution in [2.75, 3.05) is 31.3 Å². The van der Waals surface area contributed by atoms with Crippen molar-refractivity contribution in [3.05, 3.63) is 17.9 Å². The Balaban J connectivity index is 2.84. The zero-order valence-corrected chi connectivity index (χ0v) is 9.83. The van der Waals surface area contributed by atoms with Crippen LogP contribution < -0.4 is 15.8 Å². The first-order valence-corrected chi connectivity index (χ1v) is 5.10. The van der Waals surface area contributed by atoms with Gasteiger partial charge in [0.2, 0.25) is 0 Å². The van der Waals surface area contributed by atoms with Crippen LogP contribution in [-0.4, -0.2) is 36.1 Å². The molecule has 1 unspecified atom stereocenters. The summed E-state index contributed by atoms with van der Waals surface area (Å²) < 4.78 is 18.1. The Kier molecular flexibility index (Phi) is 4.14. The van der Waals surface area contributed by atoms with Crippen LogP contribution in [0.3, 0.4) is 0 Å². The number of rotatable bonds is 5. The first-order chi connectivity index (χ1) is 7.89. The van der Waals surface area contributed by atoms with E-state index in [1.165, 1.54) is 20.1 Å². The van der Waals surface area contributed by atoms with Crippen molar-refractivity contribution in [1.29, 1.82) is 0 Å². The van der Waals surface area contributed by atoms with Crippen molar-refractivity contribution in [2.45, 2.75) is 12.5 Å². The second-order valence-electron chi connectivity index (χ2n) is 4.08. The summed E-state index contributed by atoms with van der Waals surface area (Å²) >= 11 is 0. The predicted octanol–water partition coefficient (Wildman–Crippen LogP) is 0.572. The molecule has 1 aromatic carbocycles. The molecule has 5 N–H and O–H groups in total. The second-order valence-corrected chi connectivity index (χ2v) is 4.08. The van der Waals surface area contributed by atoms with E-state index in [4.69, 9.17) is 15.6 Å². The largest absolute Gasteiger partial charge is 0.494 e. The fraction of sp³-hybridized carbons (Fsp3) is 0.455. The monoisotopic (exact) mass is 244 g/mol. The Morgan fingerprint density at radius 3 is 2.71 bits per heavy atom. The van der Waals surface area contributed by atoms with Gasteiger partial charge in [0.25, 0.3) is 0 Å². The standard InChI is InChI=1S/C11H17FN2O3/c1-11(16,6-15)5-14-9-4-10(17-2)7(12)3-8(9)13/h3-4,14-16H,5-6,13H2,1-2H3. The molecule has 0 aliphatic rings. The van der Waals surface area contributed by atoms with Gasteiger partial charge in [-0.15, -0.1) is 0 Å². The molecule has 5 nitrogen and oxygen atoms in total. The van der Waals surface area contributed by atoms with Crippen LogP contribution in [0.1, 0.15) is 6.92 Å². The molecule has 1 rings (SSSR count). The maximum atomic E-state index is 13.2. The van der Waals surface area contributed by atoms with Crippen LogP contribution >= 0.6 is 0 Å². The number of benzene rings is 1. The van der Waals surface area contributed by atoms with Gasteiger partial charge in [-0.3, -0.25) is 0 Å². The molecule has 0 amide bonds. The van der Waals surface area contributed by atoms with E-state index in [9.17, 15) is 9.50 Å². The van der Waals surface area contributed by atoms with Crippen LogP contribution in [0, 0.1) is 5.82 Å². The Morgan fingerprint density at radius 1 is 1.53 bits per heavy atom. The van der Waals surface area contributed by atoms with Gasteiger partial charge in [-0.2, -0.15) is 0 Å². The lowest BCUT2D eigenvalue weighted by atomic mass is 10.1. The summed E-state index contributed by atoms with van der Waals surface area (Å²) in [5.74, 6) is -0.491. The van der Waals surface area contributed by atoms with Crippen molar-refractivity contribution >= 4 is 11.4 Å². The molecule has 0 heterocycles. The van der Waals surface area contributed by atoms with Gasteiger partial charge < -0.3 is 26.0 Å². The van der Waals surface area contributed by atoms with Gasteiger partial charge >= 0.3 is 0 Å². The van der Waals surface area contributed by atoms with E-state index in [-0.39, 0.29) is 18.0 Å². The van der Waals surface area contributed by atoms with Crippen LogP contribution in [0.15, 0.2) is 12.1 Å². The fourth-order valence-electron chi connectivity index (χ4n) is 1.22. The van der Waals surface area contributed by atoms with E-state index in [2.05, 4.69) is 5.32 Å². The molecule has 0 saturated carbocycles. The van der Waals surface area contributed by atoms with E-state index in [1.807, 2.05) is 0 Å². The number of ether oxygens (including phenoxy) is 1. The molecule has 1 aromatic rings. The minimum atomic E-state index is -1.27. The van der Waals surface area contributed by atoms with Gasteiger partial charge in [0, 0.05) is 18.7 Å². The lowest BCUT2D eigenvalue weighted by Crippen LogP contribution is -2.37. The van der Waals surface area contributed by atoms with Crippen LogP contribution in [0.5, 0.6) is 5.75 Å². The van der Waals surface area contributed by atoms with Crippen molar-refractivity contribution in [3.8, 4) is 5.75 Å². The van der Waals surface area contributed by atoms with Crippen molar-refractivity contribution in [2.24, 2.45) is 0 Å². The first-order valence-electron chi connectivity index (χ1n) is 5.10. The minimum absolute atomic E-state index is 0.0605. The highest BCUT2D eigenvalue weighted by molar-refractivity contribution is 5.68. The highest BCUT2D eigenvalue weighted by Gasteiger charge is 2.19. The van der Waals surface area contributed by atoms with Crippen molar-refractivity contribution in [3.63, 3.8) is 0 Å². The normalized spacial score (nSPS) is 14.2. The smallest absolute Gasteiger partial charge is 0.167 e. The summed E-state index contributed by atoms with van der Waals surface area (Å²) in [6, 6.07) is 2.53. The molecule has 96 valence electrons. The Labute approximate surface area is 99.0 Å². The zero-order chi connectivity index (χ0) is 13.1. The fourth-order valence-corrected chi connectivity index (χ4v) is 1.22. The maximum absolute atomic E-state index is 13.2. The van der Waals surface area contributed by atoms with E-state index < -0.39 is 18.0 Å². The predicted molar refractivity (Wildman–Crippen MR) is 63.6 cm³/mol. The lowest BCUT2D eigenvalue weighted by molar-refractivity contribution is 0.0132. The Hall–Kier alpha value is -1.53. The number of anilines is 2. The Bertz CT molecular complexity index is 397. The molecule has 6 heteroatoms. The molecule has 0 radical (unpaired) electrons. The summed E-state index contributed by atoms with van der Waals surface area (Å²) in [4.78, 5) is 0. The van der Waals surface area contributed by atoms with Gasteiger partial charge in [-0.05, 0) is 6.92 Å². The third kappa shape index (κ3) is 3.47. The molecule has 0 aromatic heterocycles. The third-order valence-corrected chi connectivity index (χ3v) is 2.32. The van der Waals surface area contributed by atoms with E-state index >= 15 is 0 Å². The Morgan fingerprint density at radius 2 is 2.18 bits per heavy atom. The van der Waals surface area contributed by atoms with Crippen LogP contribution in [0.2, 0.25) is 0 Å². The van der Waals surface area contributed by atoms with Crippen molar-refractivity contribution in [1.82, 2.24) is 0 Å². The van der Waals surface area contributed by atoms with Gasteiger partial charge in [0.15, 0.2) is 11.6 Å². The summed E-state index contributed by atoms with van der Waals surface area (Å²) in [6.07, 6.45) is 0. The topological polar surface area (TPSA) is 87.7 Å². The van der Waals surface area contributed by atoms with Gasteiger partial charge in [0.05, 0.1) is 25.1 Å². The van der Waals surface area contributed by atoms with Crippen LogP contribution in [-0.2, 0) is 0 Å². The summed E-state index contributed by atoms with van der Waals surface area (Å²) in [6.45, 7) is 1.16. The van der Waals surface area contributed by atoms with Crippen LogP contribution in [0.4, 0.5) is 15.8 Å². The van der Waals surface area contributed by atoms with E-state index in [1.54, 1.807) is 0 Å². The van der Waals surface area contributed by atoms with Gasteiger partial charge in [-0.25, -0.2) is 4.39 Å². The molecule has 17 heavy (non-hydrogen) atoms. The first kappa shape index (κ1) is 13.5. The van der Waals surface area contributed by atoms with Crippen molar-refractivity contribution < 1.29 is 19.3 Å². The molecule has 0 aliphatic heterocycles. The molecule has 0 spiro atoms. The number of nitrogens with two attached hydrogens (primary N) is 1. The van der Waals surface area contributed by atoms with Gasteiger partial charge in [-0.1, -0.05) is 0 Å². The average molecular weight is 244 g/mol. The average Bonchev–Trinajstić information content (AvgIpc) is 2.28. The number of nitrogen functional groups attached to an aromatic ring is 1. The number of methoxy groups -OCH3 is 1. The highest BCUT2D eigenvalue weighted by atomic mass is 19.1. The molecule has 0 fully saturated rings. The summed E-state index contributed by atoms with van der Waals surface area (Å²) in [5.41, 5.74) is 4.99. The molecular formula is C11H17FN2O3. The SMILES string of the molecule is COc1cc(NCC(C)(O)CO)c(N)cc1F. The van der Waals surface area contributed by atoms with Crippen LogP contribution in [0.25, 0.3) is 0 Å². The number of halogens is 1. The zero-order valence-electron chi connectivity index (χ0n) is 9.83. The summed E-state index contributed by atoms with van der Waals surface area (Å²) in [7, 11) is 1.35. The molecular weight excluding hydrogens is 227 g/mol. The number of hydrogen-bond donors (Lipinski definition) is 4. The quantitative estimate of drug-likeness (QED) is 0.569. The number of aliphatic hydroxyl groups is 2. The molecule has 1 atom stereocenters. The lowest BCUT2D eigenvalue weighted by Gasteiger charge is -2.22. The van der Waals surface area contributed by atoms with E-state index in [0.717, 1.165) is 6.07 Å². The molecule has 0 aliphatic carbocycles. The van der Waals surface area contributed by atoms with E-state index in [0.29, 0.717) is 5.69 Å². The highest BCUT2D eigenvalue weighted by Crippen LogP contribution is 2.28. The minimum Gasteiger partial charge on any atom is -0.494 e. The number of nitrogens with one attached hydrogen (secondary N) is 1. The maximum Gasteiger partial charge on any atom is 0.167 e. The summed E-state index contributed by atoms with van der Waals surface area (Å²) in [5, 5.41) is 21.3. The van der Waals surface area contributed by atoms with Gasteiger partial charge in [0.1, 0.15) is 5.60 Å². The third-order valence-electron chi connectivity index (χ3n) is 2.32. The molecule has 0 bridgehead atoms. The second kappa shape index (κ2) is 5.20. The number of aliphatic hydroxyl groups excluding tert-OH is 1. The number of hydrogen-bond acceptors (Lipinski definition) is 5.